The highest BCUT2D eigenvalue weighted by atomic mass is 127. The normalized spacial score (nSPS) is 18.3. The van der Waals surface area contributed by atoms with Gasteiger partial charge in [0.2, 0.25) is 0 Å². The number of amides is 1. The van der Waals surface area contributed by atoms with Crippen LogP contribution in [0.4, 0.5) is 5.69 Å². The minimum Gasteiger partial charge on any atom is -0.480 e. The van der Waals surface area contributed by atoms with Crippen molar-refractivity contribution in [2.45, 2.75) is 25.3 Å². The van der Waals surface area contributed by atoms with Crippen LogP contribution in [0.5, 0.6) is 0 Å². The average molecular weight is 404 g/mol. The highest BCUT2D eigenvalue weighted by molar-refractivity contribution is 14.1. The van der Waals surface area contributed by atoms with Crippen LogP contribution in [0, 0.1) is 13.7 Å². The summed E-state index contributed by atoms with van der Waals surface area (Å²) in [5, 5.41) is 20.0. The summed E-state index contributed by atoms with van der Waals surface area (Å²) in [6.07, 6.45) is 1.90. The molecule has 8 heteroatoms. The summed E-state index contributed by atoms with van der Waals surface area (Å²) in [5.41, 5.74) is 0.000556. The molecule has 0 bridgehead atoms. The fourth-order valence-corrected chi connectivity index (χ4v) is 2.94. The van der Waals surface area contributed by atoms with Crippen molar-refractivity contribution in [2.75, 3.05) is 6.54 Å². The first kappa shape index (κ1) is 15.7. The maximum Gasteiger partial charge on any atom is 0.326 e. The number of carbonyl (C=O) groups is 2. The highest BCUT2D eigenvalue weighted by Crippen LogP contribution is 2.25. The van der Waals surface area contributed by atoms with E-state index in [4.69, 9.17) is 0 Å². The molecule has 1 amide bonds. The smallest absolute Gasteiger partial charge is 0.326 e. The molecule has 1 aliphatic rings. The number of halogens is 1. The first-order valence-corrected chi connectivity index (χ1v) is 7.47. The van der Waals surface area contributed by atoms with Gasteiger partial charge in [-0.3, -0.25) is 14.9 Å². The number of hydrogen-bond donors (Lipinski definition) is 1. The lowest BCUT2D eigenvalue weighted by Gasteiger charge is -2.33. The number of carboxylic acid groups (broad SMARTS) is 1. The number of nitrogens with zero attached hydrogens (tertiary/aromatic N) is 2. The van der Waals surface area contributed by atoms with E-state index < -0.39 is 22.8 Å². The number of nitro groups is 1. The van der Waals surface area contributed by atoms with Crippen molar-refractivity contribution in [3.8, 4) is 0 Å². The number of carbonyl (C=O) groups excluding carboxylic acids is 1. The molecule has 7 nitrogen and oxygen atoms in total. The first-order chi connectivity index (χ1) is 9.91. The van der Waals surface area contributed by atoms with Crippen LogP contribution in [-0.4, -0.2) is 39.4 Å². The molecule has 0 aliphatic carbocycles. The van der Waals surface area contributed by atoms with Gasteiger partial charge in [0.15, 0.2) is 0 Å². The van der Waals surface area contributed by atoms with Gasteiger partial charge in [-0.2, -0.15) is 0 Å². The predicted octanol–water partition coefficient (Wildman–Crippen LogP) is 2.28. The molecule has 1 unspecified atom stereocenters. The SMILES string of the molecule is O=C(O)C1CCCCN1C(=O)c1cc([N+](=O)[O-])ccc1I. The topological polar surface area (TPSA) is 101 Å². The molecule has 1 heterocycles. The molecule has 1 N–H and O–H groups in total. The quantitative estimate of drug-likeness (QED) is 0.473. The van der Waals surface area contributed by atoms with Gasteiger partial charge in [-0.1, -0.05) is 0 Å². The summed E-state index contributed by atoms with van der Waals surface area (Å²) in [5.74, 6) is -1.50. The van der Waals surface area contributed by atoms with Crippen molar-refractivity contribution >= 4 is 40.2 Å². The van der Waals surface area contributed by atoms with Crippen LogP contribution in [0.25, 0.3) is 0 Å². The highest BCUT2D eigenvalue weighted by Gasteiger charge is 2.33. The van der Waals surface area contributed by atoms with Gasteiger partial charge in [-0.15, -0.1) is 0 Å². The molecule has 1 aliphatic heterocycles. The predicted molar refractivity (Wildman–Crippen MR) is 82.1 cm³/mol. The number of nitro benzene ring substituents is 1. The first-order valence-electron chi connectivity index (χ1n) is 6.39. The molecule has 1 aromatic rings. The summed E-state index contributed by atoms with van der Waals surface area (Å²) < 4.78 is 0.568. The molecule has 0 spiro atoms. The van der Waals surface area contributed by atoms with Gasteiger partial charge in [0.25, 0.3) is 11.6 Å². The van der Waals surface area contributed by atoms with Gasteiger partial charge in [0.05, 0.1) is 10.5 Å². The maximum absolute atomic E-state index is 12.5. The number of piperidine rings is 1. The van der Waals surface area contributed by atoms with E-state index in [1.807, 2.05) is 22.6 Å². The van der Waals surface area contributed by atoms with E-state index in [1.165, 1.54) is 23.1 Å². The molecular weight excluding hydrogens is 391 g/mol. The van der Waals surface area contributed by atoms with Gasteiger partial charge in [-0.25, -0.2) is 4.79 Å². The van der Waals surface area contributed by atoms with Gasteiger partial charge < -0.3 is 10.0 Å². The van der Waals surface area contributed by atoms with E-state index in [0.29, 0.717) is 16.5 Å². The van der Waals surface area contributed by atoms with E-state index in [2.05, 4.69) is 0 Å². The molecule has 0 saturated carbocycles. The molecule has 1 aromatic carbocycles. The lowest BCUT2D eigenvalue weighted by atomic mass is 10.0. The Morgan fingerprint density at radius 3 is 2.71 bits per heavy atom. The van der Waals surface area contributed by atoms with Crippen LogP contribution in [0.1, 0.15) is 29.6 Å². The van der Waals surface area contributed by atoms with Gasteiger partial charge >= 0.3 is 5.97 Å². The van der Waals surface area contributed by atoms with Crippen LogP contribution >= 0.6 is 22.6 Å². The lowest BCUT2D eigenvalue weighted by molar-refractivity contribution is -0.384. The van der Waals surface area contributed by atoms with Crippen molar-refractivity contribution in [2.24, 2.45) is 0 Å². The fraction of sp³-hybridized carbons (Fsp3) is 0.385. The van der Waals surface area contributed by atoms with Gasteiger partial charge in [0, 0.05) is 22.2 Å². The third-order valence-electron chi connectivity index (χ3n) is 3.44. The number of hydrogen-bond acceptors (Lipinski definition) is 4. The van der Waals surface area contributed by atoms with Crippen molar-refractivity contribution in [1.82, 2.24) is 4.90 Å². The molecule has 21 heavy (non-hydrogen) atoms. The number of rotatable bonds is 3. The minimum absolute atomic E-state index is 0.178. The Bertz CT molecular complexity index is 604. The number of aliphatic carboxylic acids is 1. The van der Waals surface area contributed by atoms with Crippen molar-refractivity contribution in [3.63, 3.8) is 0 Å². The lowest BCUT2D eigenvalue weighted by Crippen LogP contribution is -2.48. The van der Waals surface area contributed by atoms with Crippen LogP contribution in [-0.2, 0) is 4.79 Å². The molecule has 2 rings (SSSR count). The van der Waals surface area contributed by atoms with E-state index in [0.717, 1.165) is 12.8 Å². The zero-order chi connectivity index (χ0) is 15.6. The average Bonchev–Trinajstić information content (AvgIpc) is 2.46. The van der Waals surface area contributed by atoms with Crippen LogP contribution < -0.4 is 0 Å². The van der Waals surface area contributed by atoms with E-state index in [9.17, 15) is 24.8 Å². The van der Waals surface area contributed by atoms with Gasteiger partial charge in [0.1, 0.15) is 6.04 Å². The monoisotopic (exact) mass is 404 g/mol. The molecule has 0 radical (unpaired) electrons. The molecule has 1 fully saturated rings. The second-order valence-corrected chi connectivity index (χ2v) is 5.93. The zero-order valence-electron chi connectivity index (χ0n) is 11.0. The third-order valence-corrected chi connectivity index (χ3v) is 4.38. The Morgan fingerprint density at radius 2 is 2.10 bits per heavy atom. The number of carboxylic acids is 1. The number of likely N-dealkylation sites (tertiary alicyclic amines) is 1. The molecule has 112 valence electrons. The Morgan fingerprint density at radius 1 is 1.38 bits per heavy atom. The standard InChI is InChI=1S/C13H13IN2O5/c14-10-5-4-8(16(20)21)7-9(10)12(17)15-6-2-1-3-11(15)13(18)19/h4-5,7,11H,1-3,6H2,(H,18,19). The Balaban J connectivity index is 2.36. The summed E-state index contributed by atoms with van der Waals surface area (Å²) in [7, 11) is 0. The van der Waals surface area contributed by atoms with Crippen LogP contribution in [0.3, 0.4) is 0 Å². The van der Waals surface area contributed by atoms with Crippen molar-refractivity contribution in [3.05, 3.63) is 37.4 Å². The van der Waals surface area contributed by atoms with E-state index in [-0.39, 0.29) is 11.3 Å². The van der Waals surface area contributed by atoms with E-state index in [1.54, 1.807) is 0 Å². The third kappa shape index (κ3) is 3.31. The fourth-order valence-electron chi connectivity index (χ4n) is 2.38. The molecule has 1 saturated heterocycles. The number of benzene rings is 1. The molecule has 1 atom stereocenters. The molecule has 0 aromatic heterocycles. The van der Waals surface area contributed by atoms with Crippen molar-refractivity contribution < 1.29 is 19.6 Å². The van der Waals surface area contributed by atoms with Gasteiger partial charge in [-0.05, 0) is 47.9 Å². The Hall–Kier alpha value is -1.71. The second kappa shape index (κ2) is 6.37. The summed E-state index contributed by atoms with van der Waals surface area (Å²) in [6.45, 7) is 0.356. The van der Waals surface area contributed by atoms with Crippen LogP contribution in [0.2, 0.25) is 0 Å². The van der Waals surface area contributed by atoms with Crippen molar-refractivity contribution in [1.29, 1.82) is 0 Å². The molecular formula is C13H13IN2O5. The van der Waals surface area contributed by atoms with E-state index >= 15 is 0 Å². The summed E-state index contributed by atoms with van der Waals surface area (Å²) in [6, 6.07) is 3.16. The summed E-state index contributed by atoms with van der Waals surface area (Å²) >= 11 is 1.92. The number of non-ortho nitro benzene ring substituents is 1. The largest absolute Gasteiger partial charge is 0.480 e. The summed E-state index contributed by atoms with van der Waals surface area (Å²) in [4.78, 5) is 35.3. The maximum atomic E-state index is 12.5. The Labute approximate surface area is 134 Å². The van der Waals surface area contributed by atoms with Crippen LogP contribution in [0.15, 0.2) is 18.2 Å². The minimum atomic E-state index is -1.04. The second-order valence-electron chi connectivity index (χ2n) is 4.77. The zero-order valence-corrected chi connectivity index (χ0v) is 13.1. The Kier molecular flexibility index (Phi) is 4.76.